The van der Waals surface area contributed by atoms with Crippen LogP contribution in [0, 0.1) is 9.39 Å². The smallest absolute Gasteiger partial charge is 0.408 e. The maximum atomic E-state index is 13.2. The molecular formula is C10H9FINO2. The van der Waals surface area contributed by atoms with Crippen molar-refractivity contribution < 1.29 is 8.81 Å². The third kappa shape index (κ3) is 1.68. The van der Waals surface area contributed by atoms with E-state index in [1.165, 1.54) is 10.6 Å². The molecule has 0 saturated heterocycles. The van der Waals surface area contributed by atoms with Crippen molar-refractivity contribution in [1.82, 2.24) is 4.57 Å². The van der Waals surface area contributed by atoms with Crippen molar-refractivity contribution in [3.63, 3.8) is 0 Å². The normalized spacial score (nSPS) is 11.5. The summed E-state index contributed by atoms with van der Waals surface area (Å²) in [6, 6.07) is 2.87. The second-order valence-electron chi connectivity index (χ2n) is 3.57. The molecule has 0 radical (unpaired) electrons. The summed E-state index contributed by atoms with van der Waals surface area (Å²) in [6.45, 7) is 3.76. The van der Waals surface area contributed by atoms with Crippen molar-refractivity contribution in [2.75, 3.05) is 0 Å². The van der Waals surface area contributed by atoms with Crippen molar-refractivity contribution >= 4 is 33.7 Å². The molecule has 0 fully saturated rings. The Balaban J connectivity index is 2.88. The molecule has 0 spiro atoms. The Morgan fingerprint density at radius 1 is 1.47 bits per heavy atom. The highest BCUT2D eigenvalue weighted by atomic mass is 127. The van der Waals surface area contributed by atoms with Gasteiger partial charge in [-0.05, 0) is 42.5 Å². The summed E-state index contributed by atoms with van der Waals surface area (Å²) in [5, 5.41) is 0. The minimum absolute atomic E-state index is 0.0000104. The number of aromatic nitrogens is 1. The number of benzene rings is 1. The Bertz CT molecular complexity index is 571. The van der Waals surface area contributed by atoms with E-state index in [9.17, 15) is 9.18 Å². The lowest BCUT2D eigenvalue weighted by atomic mass is 10.3. The SMILES string of the molecule is CC(C)n1c(=O)oc2cc(F)c(I)cc21. The Morgan fingerprint density at radius 2 is 2.13 bits per heavy atom. The molecule has 0 amide bonds. The van der Waals surface area contributed by atoms with E-state index in [-0.39, 0.29) is 11.9 Å². The number of fused-ring (bicyclic) bond motifs is 1. The summed E-state index contributed by atoms with van der Waals surface area (Å²) in [5.41, 5.74) is 0.937. The predicted molar refractivity (Wildman–Crippen MR) is 63.5 cm³/mol. The lowest BCUT2D eigenvalue weighted by Gasteiger charge is -2.05. The van der Waals surface area contributed by atoms with Crippen LogP contribution < -0.4 is 5.76 Å². The molecule has 1 heterocycles. The molecule has 0 aliphatic rings. The van der Waals surface area contributed by atoms with Crippen LogP contribution in [0.1, 0.15) is 19.9 Å². The van der Waals surface area contributed by atoms with Gasteiger partial charge in [-0.2, -0.15) is 0 Å². The monoisotopic (exact) mass is 321 g/mol. The standard InChI is InChI=1S/C10H9FINO2/c1-5(2)13-8-4-7(12)6(11)3-9(8)15-10(13)14/h3-5H,1-2H3. The molecule has 3 nitrogen and oxygen atoms in total. The van der Waals surface area contributed by atoms with E-state index < -0.39 is 5.76 Å². The van der Waals surface area contributed by atoms with Gasteiger partial charge in [-0.1, -0.05) is 0 Å². The fourth-order valence-electron chi connectivity index (χ4n) is 1.52. The van der Waals surface area contributed by atoms with E-state index in [1.807, 2.05) is 36.4 Å². The van der Waals surface area contributed by atoms with Crippen LogP contribution >= 0.6 is 22.6 Å². The van der Waals surface area contributed by atoms with Gasteiger partial charge in [0.25, 0.3) is 0 Å². The predicted octanol–water partition coefficient (Wildman–Crippen LogP) is 2.92. The van der Waals surface area contributed by atoms with Crippen LogP contribution in [0.2, 0.25) is 0 Å². The molecular weight excluding hydrogens is 312 g/mol. The molecule has 1 aromatic carbocycles. The van der Waals surface area contributed by atoms with Crippen molar-refractivity contribution in [2.24, 2.45) is 0 Å². The third-order valence-electron chi connectivity index (χ3n) is 2.17. The zero-order valence-electron chi connectivity index (χ0n) is 8.25. The second-order valence-corrected chi connectivity index (χ2v) is 4.73. The molecule has 2 aromatic rings. The van der Waals surface area contributed by atoms with E-state index >= 15 is 0 Å². The van der Waals surface area contributed by atoms with E-state index in [0.29, 0.717) is 14.7 Å². The van der Waals surface area contributed by atoms with Gasteiger partial charge in [0.2, 0.25) is 0 Å². The minimum atomic E-state index is -0.443. The van der Waals surface area contributed by atoms with Crippen LogP contribution in [0.15, 0.2) is 21.3 Å². The maximum Gasteiger partial charge on any atom is 0.420 e. The third-order valence-corrected chi connectivity index (χ3v) is 3.00. The summed E-state index contributed by atoms with van der Waals surface area (Å²) >= 11 is 1.89. The molecule has 0 aliphatic carbocycles. The quantitative estimate of drug-likeness (QED) is 0.757. The van der Waals surface area contributed by atoms with E-state index in [4.69, 9.17) is 4.42 Å². The zero-order chi connectivity index (χ0) is 11.2. The lowest BCUT2D eigenvalue weighted by molar-refractivity contribution is 0.477. The molecule has 0 unspecified atom stereocenters. The molecule has 0 atom stereocenters. The van der Waals surface area contributed by atoms with Crippen LogP contribution in [0.3, 0.4) is 0 Å². The molecule has 0 bridgehead atoms. The first-order valence-corrected chi connectivity index (χ1v) is 5.58. The van der Waals surface area contributed by atoms with Gasteiger partial charge in [0.05, 0.1) is 9.09 Å². The largest absolute Gasteiger partial charge is 0.420 e. The summed E-state index contributed by atoms with van der Waals surface area (Å²) in [5.74, 6) is -0.811. The van der Waals surface area contributed by atoms with Crippen LogP contribution in [0.5, 0.6) is 0 Å². The summed E-state index contributed by atoms with van der Waals surface area (Å²) < 4.78 is 20.2. The van der Waals surface area contributed by atoms with E-state index in [2.05, 4.69) is 0 Å². The van der Waals surface area contributed by atoms with Crippen LogP contribution in [0.4, 0.5) is 4.39 Å². The van der Waals surface area contributed by atoms with Crippen molar-refractivity contribution in [2.45, 2.75) is 19.9 Å². The van der Waals surface area contributed by atoms with Crippen LogP contribution in [-0.4, -0.2) is 4.57 Å². The first kappa shape index (κ1) is 10.7. The van der Waals surface area contributed by atoms with Gasteiger partial charge in [0, 0.05) is 12.1 Å². The number of nitrogens with zero attached hydrogens (tertiary/aromatic N) is 1. The van der Waals surface area contributed by atoms with Crippen molar-refractivity contribution in [1.29, 1.82) is 0 Å². The fraction of sp³-hybridized carbons (Fsp3) is 0.300. The highest BCUT2D eigenvalue weighted by Gasteiger charge is 2.14. The summed E-state index contributed by atoms with van der Waals surface area (Å²) in [7, 11) is 0. The van der Waals surface area contributed by atoms with E-state index in [0.717, 1.165) is 0 Å². The molecule has 5 heteroatoms. The van der Waals surface area contributed by atoms with Gasteiger partial charge in [-0.15, -0.1) is 0 Å². The Morgan fingerprint density at radius 3 is 2.73 bits per heavy atom. The number of oxazole rings is 1. The fourth-order valence-corrected chi connectivity index (χ4v) is 1.97. The van der Waals surface area contributed by atoms with Gasteiger partial charge in [-0.3, -0.25) is 4.57 Å². The summed E-state index contributed by atoms with van der Waals surface area (Å²) in [6.07, 6.45) is 0. The Kier molecular flexibility index (Phi) is 2.57. The number of rotatable bonds is 1. The van der Waals surface area contributed by atoms with Gasteiger partial charge in [0.15, 0.2) is 5.58 Å². The van der Waals surface area contributed by atoms with Crippen molar-refractivity contribution in [3.05, 3.63) is 32.1 Å². The molecule has 1 aromatic heterocycles. The molecule has 80 valence electrons. The van der Waals surface area contributed by atoms with Gasteiger partial charge in [0.1, 0.15) is 5.82 Å². The topological polar surface area (TPSA) is 35.1 Å². The number of hydrogen-bond donors (Lipinski definition) is 0. The number of hydrogen-bond acceptors (Lipinski definition) is 2. The first-order chi connectivity index (χ1) is 7.00. The minimum Gasteiger partial charge on any atom is -0.408 e. The average Bonchev–Trinajstić information content (AvgIpc) is 2.41. The maximum absolute atomic E-state index is 13.2. The first-order valence-electron chi connectivity index (χ1n) is 4.51. The second kappa shape index (κ2) is 3.62. The van der Waals surface area contributed by atoms with Gasteiger partial charge >= 0.3 is 5.76 Å². The molecule has 15 heavy (non-hydrogen) atoms. The van der Waals surface area contributed by atoms with Crippen LogP contribution in [0.25, 0.3) is 11.1 Å². The molecule has 0 saturated carbocycles. The lowest BCUT2D eigenvalue weighted by Crippen LogP contribution is -2.15. The Labute approximate surface area is 99.0 Å². The molecule has 2 rings (SSSR count). The van der Waals surface area contributed by atoms with Gasteiger partial charge < -0.3 is 4.42 Å². The number of halogens is 2. The molecule has 0 aliphatic heterocycles. The van der Waals surface area contributed by atoms with Crippen LogP contribution in [-0.2, 0) is 0 Å². The zero-order valence-corrected chi connectivity index (χ0v) is 10.4. The van der Waals surface area contributed by atoms with Crippen molar-refractivity contribution in [3.8, 4) is 0 Å². The Hall–Kier alpha value is -0.850. The summed E-state index contributed by atoms with van der Waals surface area (Å²) in [4.78, 5) is 11.5. The van der Waals surface area contributed by atoms with E-state index in [1.54, 1.807) is 6.07 Å². The highest BCUT2D eigenvalue weighted by molar-refractivity contribution is 14.1. The molecule has 0 N–H and O–H groups in total. The highest BCUT2D eigenvalue weighted by Crippen LogP contribution is 2.21. The average molecular weight is 321 g/mol. The van der Waals surface area contributed by atoms with Gasteiger partial charge in [-0.25, -0.2) is 9.18 Å².